The van der Waals surface area contributed by atoms with E-state index >= 15 is 0 Å². The van der Waals surface area contributed by atoms with Crippen molar-refractivity contribution in [3.8, 4) is 12.3 Å². The van der Waals surface area contributed by atoms with Crippen LogP contribution in [0, 0.1) is 18.3 Å². The molecular formula is C26H35F6N3O2. The topological polar surface area (TPSA) is 62.4 Å². The van der Waals surface area contributed by atoms with Gasteiger partial charge in [-0.2, -0.15) is 26.3 Å². The number of carbonyl (C=O) groups excluding carboxylic acids is 1. The van der Waals surface area contributed by atoms with Gasteiger partial charge in [-0.1, -0.05) is 19.8 Å². The Bertz CT molecular complexity index is 882. The van der Waals surface area contributed by atoms with Gasteiger partial charge < -0.3 is 15.4 Å². The smallest absolute Gasteiger partial charge is 0.362 e. The average molecular weight is 536 g/mol. The first-order chi connectivity index (χ1) is 17.3. The summed E-state index contributed by atoms with van der Waals surface area (Å²) >= 11 is 0. The minimum atomic E-state index is -4.89. The molecule has 0 radical (unpaired) electrons. The Kier molecular flexibility index (Phi) is 11.3. The van der Waals surface area contributed by atoms with Gasteiger partial charge in [0.15, 0.2) is 0 Å². The largest absolute Gasteiger partial charge is 0.416 e. The summed E-state index contributed by atoms with van der Waals surface area (Å²) in [6.45, 7) is 4.37. The SMILES string of the molecule is C#CC(CC)(CC)NC(=O)CNCC1CCC(NCOCc2cc(C(F)(F)F)cc(C(F)(F)F)c2)CC1. The Labute approximate surface area is 214 Å². The van der Waals surface area contributed by atoms with E-state index in [9.17, 15) is 31.1 Å². The molecule has 5 nitrogen and oxygen atoms in total. The molecule has 1 aliphatic carbocycles. The molecule has 1 amide bonds. The number of halogens is 6. The molecule has 0 spiro atoms. The number of carbonyl (C=O) groups is 1. The Hall–Kier alpha value is -2.29. The molecule has 1 saturated carbocycles. The van der Waals surface area contributed by atoms with Crippen LogP contribution in [-0.4, -0.2) is 37.3 Å². The van der Waals surface area contributed by atoms with Gasteiger partial charge in [0, 0.05) is 6.04 Å². The maximum absolute atomic E-state index is 13.0. The van der Waals surface area contributed by atoms with E-state index in [1.807, 2.05) is 13.8 Å². The maximum atomic E-state index is 13.0. The monoisotopic (exact) mass is 535 g/mol. The van der Waals surface area contributed by atoms with Gasteiger partial charge in [0.25, 0.3) is 0 Å². The third-order valence-corrected chi connectivity index (χ3v) is 6.82. The third-order valence-electron chi connectivity index (χ3n) is 6.82. The van der Waals surface area contributed by atoms with Crippen molar-refractivity contribution in [2.45, 2.75) is 82.9 Å². The standard InChI is InChI=1S/C26H35F6N3O2/c1-4-24(5-2,6-3)35-23(36)15-33-14-18-7-9-22(10-8-18)34-17-37-16-19-11-20(25(27,28)29)13-21(12-19)26(30,31)32/h1,11-13,18,22,33-34H,5-10,14-17H2,2-3H3,(H,35,36). The van der Waals surface area contributed by atoms with Crippen LogP contribution in [0.2, 0.25) is 0 Å². The van der Waals surface area contributed by atoms with E-state index < -0.39 is 29.0 Å². The second-order valence-corrected chi connectivity index (χ2v) is 9.44. The average Bonchev–Trinajstić information content (AvgIpc) is 2.85. The van der Waals surface area contributed by atoms with Crippen molar-refractivity contribution in [2.24, 2.45) is 5.92 Å². The van der Waals surface area contributed by atoms with E-state index in [1.165, 1.54) is 0 Å². The molecule has 0 aromatic heterocycles. The van der Waals surface area contributed by atoms with Crippen LogP contribution in [0.1, 0.15) is 69.1 Å². The van der Waals surface area contributed by atoms with Gasteiger partial charge in [-0.25, -0.2) is 0 Å². The van der Waals surface area contributed by atoms with Crippen LogP contribution in [0.4, 0.5) is 26.3 Å². The molecule has 0 atom stereocenters. The molecule has 1 fully saturated rings. The van der Waals surface area contributed by atoms with Crippen LogP contribution in [0.5, 0.6) is 0 Å². The molecule has 0 aliphatic heterocycles. The molecule has 11 heteroatoms. The van der Waals surface area contributed by atoms with Crippen LogP contribution in [0.3, 0.4) is 0 Å². The predicted molar refractivity (Wildman–Crippen MR) is 128 cm³/mol. The highest BCUT2D eigenvalue weighted by atomic mass is 19.4. The number of amides is 1. The van der Waals surface area contributed by atoms with Gasteiger partial charge in [-0.05, 0) is 74.8 Å². The fourth-order valence-corrected chi connectivity index (χ4v) is 4.39. The lowest BCUT2D eigenvalue weighted by molar-refractivity contribution is -0.143. The van der Waals surface area contributed by atoms with Gasteiger partial charge in [-0.15, -0.1) is 6.42 Å². The van der Waals surface area contributed by atoms with E-state index in [2.05, 4.69) is 21.9 Å². The molecule has 1 aliphatic rings. The van der Waals surface area contributed by atoms with Crippen molar-refractivity contribution in [3.05, 3.63) is 34.9 Å². The van der Waals surface area contributed by atoms with E-state index in [0.29, 0.717) is 37.4 Å². The summed E-state index contributed by atoms with van der Waals surface area (Å²) in [6.07, 6.45) is 0.611. The molecule has 3 N–H and O–H groups in total. The first kappa shape index (κ1) is 30.9. The molecule has 2 rings (SSSR count). The van der Waals surface area contributed by atoms with Crippen molar-refractivity contribution in [2.75, 3.05) is 19.8 Å². The van der Waals surface area contributed by atoms with Gasteiger partial charge in [0.05, 0.1) is 31.0 Å². The summed E-state index contributed by atoms with van der Waals surface area (Å²) in [5.41, 5.74) is -3.53. The molecule has 1 aromatic carbocycles. The highest BCUT2D eigenvalue weighted by molar-refractivity contribution is 5.79. The number of hydrogen-bond acceptors (Lipinski definition) is 4. The summed E-state index contributed by atoms with van der Waals surface area (Å²) in [4.78, 5) is 12.2. The first-order valence-corrected chi connectivity index (χ1v) is 12.4. The number of rotatable bonds is 12. The first-order valence-electron chi connectivity index (χ1n) is 12.4. The summed E-state index contributed by atoms with van der Waals surface area (Å²) in [5.74, 6) is 2.92. The second-order valence-electron chi connectivity index (χ2n) is 9.44. The molecule has 0 heterocycles. The lowest BCUT2D eigenvalue weighted by Crippen LogP contribution is -2.49. The zero-order chi connectivity index (χ0) is 27.7. The highest BCUT2D eigenvalue weighted by Crippen LogP contribution is 2.36. The Morgan fingerprint density at radius 3 is 2.05 bits per heavy atom. The Morgan fingerprint density at radius 1 is 1.00 bits per heavy atom. The van der Waals surface area contributed by atoms with Crippen molar-refractivity contribution in [1.29, 1.82) is 0 Å². The molecule has 37 heavy (non-hydrogen) atoms. The van der Waals surface area contributed by atoms with Crippen molar-refractivity contribution >= 4 is 5.91 Å². The van der Waals surface area contributed by atoms with Crippen LogP contribution in [0.25, 0.3) is 0 Å². The lowest BCUT2D eigenvalue weighted by atomic mass is 9.86. The van der Waals surface area contributed by atoms with Crippen molar-refractivity contribution in [3.63, 3.8) is 0 Å². The normalized spacial score (nSPS) is 18.9. The minimum absolute atomic E-state index is 0.0110. The number of hydrogen-bond donors (Lipinski definition) is 3. The quantitative estimate of drug-likeness (QED) is 0.148. The zero-order valence-electron chi connectivity index (χ0n) is 21.1. The highest BCUT2D eigenvalue weighted by Gasteiger charge is 2.37. The molecular weight excluding hydrogens is 500 g/mol. The lowest BCUT2D eigenvalue weighted by Gasteiger charge is -2.30. The predicted octanol–water partition coefficient (Wildman–Crippen LogP) is 5.24. The summed E-state index contributed by atoms with van der Waals surface area (Å²) in [7, 11) is 0. The van der Waals surface area contributed by atoms with Crippen LogP contribution in [0.15, 0.2) is 18.2 Å². The molecule has 1 aromatic rings. The van der Waals surface area contributed by atoms with E-state index in [4.69, 9.17) is 11.2 Å². The number of terminal acetylenes is 1. The van der Waals surface area contributed by atoms with Crippen molar-refractivity contribution in [1.82, 2.24) is 16.0 Å². The number of benzene rings is 1. The number of ether oxygens (including phenoxy) is 1. The fraction of sp³-hybridized carbons (Fsp3) is 0.654. The molecule has 0 unspecified atom stereocenters. The second kappa shape index (κ2) is 13.5. The summed E-state index contributed by atoms with van der Waals surface area (Å²) < 4.78 is 83.2. The van der Waals surface area contributed by atoms with Gasteiger partial charge >= 0.3 is 12.4 Å². The fourth-order valence-electron chi connectivity index (χ4n) is 4.39. The summed E-state index contributed by atoms with van der Waals surface area (Å²) in [5, 5.41) is 9.24. The number of alkyl halides is 6. The van der Waals surface area contributed by atoms with Gasteiger partial charge in [0.1, 0.15) is 5.54 Å². The molecule has 0 saturated heterocycles. The summed E-state index contributed by atoms with van der Waals surface area (Å²) in [6, 6.07) is 1.58. The van der Waals surface area contributed by atoms with Gasteiger partial charge in [-0.3, -0.25) is 10.1 Å². The van der Waals surface area contributed by atoms with Gasteiger partial charge in [0.2, 0.25) is 5.91 Å². The van der Waals surface area contributed by atoms with E-state index in [-0.39, 0.29) is 43.5 Å². The van der Waals surface area contributed by atoms with Crippen LogP contribution >= 0.6 is 0 Å². The Morgan fingerprint density at radius 2 is 1.57 bits per heavy atom. The van der Waals surface area contributed by atoms with E-state index in [1.54, 1.807) is 0 Å². The third kappa shape index (κ3) is 9.83. The van der Waals surface area contributed by atoms with Crippen LogP contribution in [-0.2, 0) is 28.5 Å². The minimum Gasteiger partial charge on any atom is -0.362 e. The van der Waals surface area contributed by atoms with Crippen molar-refractivity contribution < 1.29 is 35.9 Å². The number of nitrogens with one attached hydrogen (secondary N) is 3. The van der Waals surface area contributed by atoms with Crippen LogP contribution < -0.4 is 16.0 Å². The zero-order valence-corrected chi connectivity index (χ0v) is 21.1. The maximum Gasteiger partial charge on any atom is 0.416 e. The van der Waals surface area contributed by atoms with E-state index in [0.717, 1.165) is 25.7 Å². The Balaban J connectivity index is 1.70. The molecule has 0 bridgehead atoms. The molecule has 208 valence electrons.